The number of hydrogen-bond acceptors (Lipinski definition) is 7. The first kappa shape index (κ1) is 34.2. The Hall–Kier alpha value is -3.67. The number of nitrogens with one attached hydrogen (secondary N) is 2. The van der Waals surface area contributed by atoms with Gasteiger partial charge in [0.2, 0.25) is 5.91 Å². The second kappa shape index (κ2) is 16.2. The van der Waals surface area contributed by atoms with Crippen molar-refractivity contribution in [1.29, 1.82) is 0 Å². The predicted octanol–water partition coefficient (Wildman–Crippen LogP) is 4.24. The van der Waals surface area contributed by atoms with Crippen molar-refractivity contribution in [3.8, 4) is 0 Å². The molecule has 0 spiro atoms. The van der Waals surface area contributed by atoms with Crippen LogP contribution in [0.25, 0.3) is 0 Å². The molecule has 0 aliphatic carbocycles. The fourth-order valence-electron chi connectivity index (χ4n) is 7.80. The van der Waals surface area contributed by atoms with Crippen molar-refractivity contribution in [2.45, 2.75) is 83.3 Å². The molecule has 2 N–H and O–H groups in total. The summed E-state index contributed by atoms with van der Waals surface area (Å²) in [5, 5.41) is 7.68. The van der Waals surface area contributed by atoms with Crippen molar-refractivity contribution in [2.24, 2.45) is 0 Å². The van der Waals surface area contributed by atoms with Crippen LogP contribution in [0.2, 0.25) is 0 Å². The maximum absolute atomic E-state index is 14.0. The van der Waals surface area contributed by atoms with Gasteiger partial charge in [0.25, 0.3) is 0 Å². The van der Waals surface area contributed by atoms with Crippen molar-refractivity contribution in [3.05, 3.63) is 64.7 Å². The summed E-state index contributed by atoms with van der Waals surface area (Å²) in [6.45, 7) is 10.8. The highest BCUT2D eigenvalue weighted by atomic mass is 16.7. The molecule has 3 saturated heterocycles. The third-order valence-electron chi connectivity index (χ3n) is 10.6. The largest absolute Gasteiger partial charge is 0.426 e. The number of amides is 4. The van der Waals surface area contributed by atoms with Crippen LogP contribution in [0.4, 0.5) is 15.3 Å². The lowest BCUT2D eigenvalue weighted by molar-refractivity contribution is -0.137. The Bertz CT molecular complexity index is 1410. The van der Waals surface area contributed by atoms with E-state index in [4.69, 9.17) is 9.57 Å². The molecular formula is C37H52N6O5. The van der Waals surface area contributed by atoms with Gasteiger partial charge in [-0.25, -0.2) is 9.59 Å². The van der Waals surface area contributed by atoms with Gasteiger partial charge < -0.3 is 30.0 Å². The lowest BCUT2D eigenvalue weighted by Gasteiger charge is -2.41. The highest BCUT2D eigenvalue weighted by Crippen LogP contribution is 2.25. The summed E-state index contributed by atoms with van der Waals surface area (Å²) in [4.78, 5) is 52.5. The summed E-state index contributed by atoms with van der Waals surface area (Å²) >= 11 is 0. The highest BCUT2D eigenvalue weighted by Gasteiger charge is 2.34. The molecule has 4 aliphatic rings. The first-order valence-corrected chi connectivity index (χ1v) is 18.0. The SMILES string of the molecule is CCc1ccc(C[C@@H](NC(=O)ON2CCC(N3CCc4ccccc4NC3=O)CC2)C(=O)N2CCC(N3CCOCC3)CC2)cc1CC. The minimum Gasteiger partial charge on any atom is -0.379 e. The van der Waals surface area contributed by atoms with Crippen LogP contribution in [0.15, 0.2) is 42.5 Å². The van der Waals surface area contributed by atoms with E-state index in [2.05, 4.69) is 53.6 Å². The minimum absolute atomic E-state index is 0.0584. The van der Waals surface area contributed by atoms with E-state index < -0.39 is 12.1 Å². The molecule has 0 aromatic heterocycles. The Morgan fingerprint density at radius 2 is 1.60 bits per heavy atom. The zero-order chi connectivity index (χ0) is 33.5. The number of morpholine rings is 1. The molecule has 0 bridgehead atoms. The van der Waals surface area contributed by atoms with Crippen LogP contribution in [0.5, 0.6) is 0 Å². The summed E-state index contributed by atoms with van der Waals surface area (Å²) in [6, 6.07) is 14.1. The van der Waals surface area contributed by atoms with Crippen molar-refractivity contribution in [2.75, 3.05) is 64.3 Å². The van der Waals surface area contributed by atoms with E-state index in [0.717, 1.165) is 75.2 Å². The van der Waals surface area contributed by atoms with Crippen LogP contribution in [-0.4, -0.2) is 115 Å². The minimum atomic E-state index is -0.727. The zero-order valence-electron chi connectivity index (χ0n) is 28.6. The number of nitrogens with zero attached hydrogens (tertiary/aromatic N) is 4. The Morgan fingerprint density at radius 1 is 0.896 bits per heavy atom. The fraction of sp³-hybridized carbons (Fsp3) is 0.595. The molecule has 11 heteroatoms. The zero-order valence-corrected chi connectivity index (χ0v) is 28.6. The van der Waals surface area contributed by atoms with Crippen LogP contribution >= 0.6 is 0 Å². The van der Waals surface area contributed by atoms with E-state index in [0.29, 0.717) is 58.0 Å². The summed E-state index contributed by atoms with van der Waals surface area (Å²) in [6.07, 6.45) is 5.71. The quantitative estimate of drug-likeness (QED) is 0.415. The van der Waals surface area contributed by atoms with Gasteiger partial charge in [-0.3, -0.25) is 9.69 Å². The standard InChI is InChI=1S/C37H52N6O5/c1-3-28-10-9-27(25-29(28)4-2)26-34(35(44)41-16-12-31(13-17-41)40-21-23-47-24-22-40)39-37(46)48-42-18-14-32(15-19-42)43-20-11-30-7-5-6-8-33(30)38-36(43)45/h5-10,25,31-32,34H,3-4,11-24,26H2,1-2H3,(H,38,45)(H,39,46)/t34-/m1/s1. The van der Waals surface area contributed by atoms with Gasteiger partial charge in [0.05, 0.1) is 13.2 Å². The second-order valence-electron chi connectivity index (χ2n) is 13.5. The van der Waals surface area contributed by atoms with Gasteiger partial charge in [0.15, 0.2) is 0 Å². The average molecular weight is 661 g/mol. The smallest absolute Gasteiger partial charge is 0.379 e. The van der Waals surface area contributed by atoms with Crippen LogP contribution in [0, 0.1) is 0 Å². The molecule has 11 nitrogen and oxygen atoms in total. The van der Waals surface area contributed by atoms with Crippen molar-refractivity contribution in [3.63, 3.8) is 0 Å². The molecule has 260 valence electrons. The second-order valence-corrected chi connectivity index (χ2v) is 13.5. The molecule has 4 aliphatic heterocycles. The van der Waals surface area contributed by atoms with Gasteiger partial charge in [0.1, 0.15) is 6.04 Å². The molecule has 3 fully saturated rings. The van der Waals surface area contributed by atoms with E-state index in [-0.39, 0.29) is 18.0 Å². The highest BCUT2D eigenvalue weighted by molar-refractivity contribution is 5.91. The molecule has 1 atom stereocenters. The fourth-order valence-corrected chi connectivity index (χ4v) is 7.80. The molecule has 4 amide bonds. The monoisotopic (exact) mass is 660 g/mol. The lowest BCUT2D eigenvalue weighted by Crippen LogP contribution is -2.55. The number of fused-ring (bicyclic) bond motifs is 1. The van der Waals surface area contributed by atoms with Crippen LogP contribution in [0.1, 0.15) is 61.8 Å². The molecule has 2 aromatic carbocycles. The van der Waals surface area contributed by atoms with Gasteiger partial charge in [-0.2, -0.15) is 0 Å². The number of likely N-dealkylation sites (tertiary alicyclic amines) is 1. The number of piperidine rings is 2. The maximum atomic E-state index is 14.0. The summed E-state index contributed by atoms with van der Waals surface area (Å²) in [7, 11) is 0. The number of para-hydroxylation sites is 1. The predicted molar refractivity (Wildman–Crippen MR) is 185 cm³/mol. The number of hydroxylamine groups is 2. The number of aryl methyl sites for hydroxylation is 2. The molecule has 48 heavy (non-hydrogen) atoms. The van der Waals surface area contributed by atoms with Crippen molar-refractivity contribution >= 4 is 23.7 Å². The number of hydrogen-bond donors (Lipinski definition) is 2. The first-order chi connectivity index (χ1) is 23.4. The van der Waals surface area contributed by atoms with Crippen LogP contribution in [-0.2, 0) is 40.1 Å². The lowest BCUT2D eigenvalue weighted by atomic mass is 9.96. The summed E-state index contributed by atoms with van der Waals surface area (Å²) in [5.74, 6) is -0.0584. The number of rotatable bonds is 9. The molecule has 4 heterocycles. The third-order valence-corrected chi connectivity index (χ3v) is 10.6. The van der Waals surface area contributed by atoms with Gasteiger partial charge in [0, 0.05) is 70.0 Å². The topological polar surface area (TPSA) is 107 Å². The van der Waals surface area contributed by atoms with Gasteiger partial charge in [-0.05, 0) is 73.3 Å². The number of anilines is 1. The normalized spacial score (nSPS) is 20.8. The van der Waals surface area contributed by atoms with E-state index in [1.807, 2.05) is 28.0 Å². The molecule has 0 saturated carbocycles. The van der Waals surface area contributed by atoms with Gasteiger partial charge in [-0.1, -0.05) is 50.2 Å². The Morgan fingerprint density at radius 3 is 2.33 bits per heavy atom. The van der Waals surface area contributed by atoms with Crippen LogP contribution < -0.4 is 10.6 Å². The Kier molecular flexibility index (Phi) is 11.5. The molecule has 0 unspecified atom stereocenters. The number of benzene rings is 2. The van der Waals surface area contributed by atoms with Crippen molar-refractivity contribution in [1.82, 2.24) is 25.1 Å². The van der Waals surface area contributed by atoms with Crippen molar-refractivity contribution < 1.29 is 24.0 Å². The maximum Gasteiger partial charge on any atom is 0.426 e. The first-order valence-electron chi connectivity index (χ1n) is 18.0. The average Bonchev–Trinajstić information content (AvgIpc) is 3.29. The number of carbonyl (C=O) groups is 3. The third kappa shape index (κ3) is 8.30. The van der Waals surface area contributed by atoms with E-state index in [1.54, 1.807) is 5.06 Å². The van der Waals surface area contributed by atoms with E-state index >= 15 is 0 Å². The molecule has 6 rings (SSSR count). The number of urea groups is 1. The summed E-state index contributed by atoms with van der Waals surface area (Å²) < 4.78 is 5.53. The molecule has 2 aromatic rings. The summed E-state index contributed by atoms with van der Waals surface area (Å²) in [5.41, 5.74) is 5.64. The molecule has 0 radical (unpaired) electrons. The van der Waals surface area contributed by atoms with Gasteiger partial charge in [-0.15, -0.1) is 5.06 Å². The van der Waals surface area contributed by atoms with E-state index in [1.165, 1.54) is 11.1 Å². The Labute approximate surface area is 284 Å². The van der Waals surface area contributed by atoms with Gasteiger partial charge >= 0.3 is 12.1 Å². The van der Waals surface area contributed by atoms with Crippen LogP contribution in [0.3, 0.4) is 0 Å². The molecular weight excluding hydrogens is 608 g/mol. The number of carbonyl (C=O) groups excluding carboxylic acids is 3. The Balaban J connectivity index is 1.05. The number of ether oxygens (including phenoxy) is 1. The van der Waals surface area contributed by atoms with E-state index in [9.17, 15) is 14.4 Å².